The molecule has 0 aromatic heterocycles. The average Bonchev–Trinajstić information content (AvgIpc) is 2.10. The molecule has 1 aliphatic rings. The smallest absolute Gasteiger partial charge is 0.189 e. The van der Waals surface area contributed by atoms with Crippen LogP contribution in [0, 0.1) is 0 Å². The summed E-state index contributed by atoms with van der Waals surface area (Å²) in [4.78, 5) is 10.9. The summed E-state index contributed by atoms with van der Waals surface area (Å²) in [5.74, 6) is -0.476. The van der Waals surface area contributed by atoms with E-state index in [4.69, 9.17) is 0 Å². The molecule has 0 radical (unpaired) electrons. The zero-order valence-corrected chi connectivity index (χ0v) is 8.57. The zero-order valence-electron chi connectivity index (χ0n) is 6.98. The molecule has 0 bridgehead atoms. The second-order valence-electron chi connectivity index (χ2n) is 3.03. The van der Waals surface area contributed by atoms with Crippen LogP contribution in [0.25, 0.3) is 0 Å². The molecule has 1 aliphatic carbocycles. The lowest BCUT2D eigenvalue weighted by Crippen LogP contribution is -2.54. The van der Waals surface area contributed by atoms with Crippen LogP contribution in [0.2, 0.25) is 0 Å². The molecule has 3 atom stereocenters. The second-order valence-corrected chi connectivity index (χ2v) is 4.09. The third-order valence-corrected chi connectivity index (χ3v) is 2.91. The van der Waals surface area contributed by atoms with Crippen LogP contribution >= 0.6 is 15.9 Å². The van der Waals surface area contributed by atoms with E-state index < -0.39 is 22.3 Å². The Labute approximate surface area is 84.9 Å². The molecule has 0 fully saturated rings. The van der Waals surface area contributed by atoms with E-state index in [1.54, 1.807) is 0 Å². The number of ketones is 1. The Balaban J connectivity index is 2.99. The molecule has 0 saturated heterocycles. The van der Waals surface area contributed by atoms with Gasteiger partial charge < -0.3 is 10.2 Å². The molecule has 0 saturated carbocycles. The van der Waals surface area contributed by atoms with Crippen LogP contribution in [0.3, 0.4) is 0 Å². The predicted molar refractivity (Wildman–Crippen MR) is 52.6 cm³/mol. The van der Waals surface area contributed by atoms with Gasteiger partial charge in [0.25, 0.3) is 0 Å². The van der Waals surface area contributed by atoms with Crippen molar-refractivity contribution in [3.8, 4) is 0 Å². The molecular weight excluding hydrogens is 236 g/mol. The summed E-state index contributed by atoms with van der Waals surface area (Å²) in [5.41, 5.74) is -1.72. The zero-order chi connectivity index (χ0) is 10.1. The van der Waals surface area contributed by atoms with Crippen LogP contribution in [0.1, 0.15) is 6.42 Å². The molecule has 2 N–H and O–H groups in total. The van der Waals surface area contributed by atoms with Crippen molar-refractivity contribution in [2.45, 2.75) is 23.0 Å². The van der Waals surface area contributed by atoms with Crippen molar-refractivity contribution in [1.82, 2.24) is 0 Å². The predicted octanol–water partition coefficient (Wildman–Crippen LogP) is 0.557. The van der Waals surface area contributed by atoms with E-state index in [2.05, 4.69) is 22.5 Å². The van der Waals surface area contributed by atoms with Gasteiger partial charge in [-0.3, -0.25) is 4.79 Å². The van der Waals surface area contributed by atoms with E-state index in [1.165, 1.54) is 18.2 Å². The summed E-state index contributed by atoms with van der Waals surface area (Å²) in [6.07, 6.45) is 3.14. The van der Waals surface area contributed by atoms with Crippen LogP contribution in [0.15, 0.2) is 24.8 Å². The second kappa shape index (κ2) is 3.74. The van der Waals surface area contributed by atoms with Crippen LogP contribution in [-0.2, 0) is 4.79 Å². The number of aliphatic hydroxyl groups excluding tert-OH is 1. The summed E-state index contributed by atoms with van der Waals surface area (Å²) >= 11 is 3.14. The van der Waals surface area contributed by atoms with Crippen LogP contribution in [0.5, 0.6) is 0 Å². The highest BCUT2D eigenvalue weighted by Crippen LogP contribution is 2.28. The van der Waals surface area contributed by atoms with E-state index in [9.17, 15) is 15.0 Å². The van der Waals surface area contributed by atoms with Crippen molar-refractivity contribution in [3.05, 3.63) is 24.8 Å². The standard InChI is InChI=1S/C9H11BrO3/c1-2-5-9(13)7(11)4-3-6(10)8(9)12/h2-4,6,8,12-13H,1,5H2/t6?,8-,9+/m0/s1. The first-order chi connectivity index (χ1) is 6.02. The highest BCUT2D eigenvalue weighted by Gasteiger charge is 2.45. The molecule has 0 heterocycles. The minimum atomic E-state index is -1.72. The monoisotopic (exact) mass is 246 g/mol. The van der Waals surface area contributed by atoms with Crippen LogP contribution in [0.4, 0.5) is 0 Å². The van der Waals surface area contributed by atoms with Gasteiger partial charge in [0.15, 0.2) is 11.4 Å². The Morgan fingerprint density at radius 1 is 1.77 bits per heavy atom. The fourth-order valence-electron chi connectivity index (χ4n) is 1.28. The minimum absolute atomic E-state index is 0.0550. The van der Waals surface area contributed by atoms with Crippen molar-refractivity contribution in [2.24, 2.45) is 0 Å². The molecule has 1 rings (SSSR count). The molecule has 0 aromatic carbocycles. The van der Waals surface area contributed by atoms with E-state index in [1.807, 2.05) is 0 Å². The van der Waals surface area contributed by atoms with Gasteiger partial charge in [-0.25, -0.2) is 0 Å². The number of carbonyl (C=O) groups excluding carboxylic acids is 1. The molecule has 4 heteroatoms. The Morgan fingerprint density at radius 3 is 2.92 bits per heavy atom. The lowest BCUT2D eigenvalue weighted by Gasteiger charge is -2.34. The molecule has 0 aliphatic heterocycles. The van der Waals surface area contributed by atoms with Crippen molar-refractivity contribution >= 4 is 21.7 Å². The first-order valence-electron chi connectivity index (χ1n) is 3.90. The average molecular weight is 247 g/mol. The number of aliphatic hydroxyl groups is 2. The van der Waals surface area contributed by atoms with E-state index in [0.29, 0.717) is 0 Å². The third-order valence-electron chi connectivity index (χ3n) is 2.10. The highest BCUT2D eigenvalue weighted by molar-refractivity contribution is 9.09. The van der Waals surface area contributed by atoms with Gasteiger partial charge in [0.2, 0.25) is 0 Å². The Kier molecular flexibility index (Phi) is 3.05. The largest absolute Gasteiger partial charge is 0.388 e. The van der Waals surface area contributed by atoms with Crippen molar-refractivity contribution in [1.29, 1.82) is 0 Å². The number of alkyl halides is 1. The Hall–Kier alpha value is -0.450. The quantitative estimate of drug-likeness (QED) is 0.553. The van der Waals surface area contributed by atoms with Crippen LogP contribution in [-0.4, -0.2) is 32.5 Å². The maximum Gasteiger partial charge on any atom is 0.189 e. The third kappa shape index (κ3) is 1.75. The first kappa shape index (κ1) is 10.6. The van der Waals surface area contributed by atoms with Gasteiger partial charge in [0.05, 0.1) is 4.83 Å². The molecular formula is C9H11BrO3. The van der Waals surface area contributed by atoms with Crippen molar-refractivity contribution in [3.63, 3.8) is 0 Å². The van der Waals surface area contributed by atoms with Gasteiger partial charge in [0.1, 0.15) is 6.10 Å². The number of carbonyl (C=O) groups is 1. The summed E-state index contributed by atoms with van der Waals surface area (Å²) in [6, 6.07) is 0. The molecule has 0 spiro atoms. The van der Waals surface area contributed by atoms with Crippen LogP contribution < -0.4 is 0 Å². The molecule has 72 valence electrons. The van der Waals surface area contributed by atoms with Crippen molar-refractivity contribution in [2.75, 3.05) is 0 Å². The maximum absolute atomic E-state index is 11.3. The van der Waals surface area contributed by atoms with E-state index >= 15 is 0 Å². The Morgan fingerprint density at radius 2 is 2.38 bits per heavy atom. The van der Waals surface area contributed by atoms with E-state index in [0.717, 1.165) is 0 Å². The van der Waals surface area contributed by atoms with Crippen molar-refractivity contribution < 1.29 is 15.0 Å². The van der Waals surface area contributed by atoms with E-state index in [-0.39, 0.29) is 6.42 Å². The normalized spacial score (nSPS) is 39.2. The summed E-state index contributed by atoms with van der Waals surface area (Å²) in [5, 5.41) is 19.4. The SMILES string of the molecule is C=CC[C@@]1(O)C(=O)C=CC(Br)[C@@H]1O. The van der Waals surface area contributed by atoms with Gasteiger partial charge in [-0.15, -0.1) is 6.58 Å². The lowest BCUT2D eigenvalue weighted by atomic mass is 9.82. The topological polar surface area (TPSA) is 57.5 Å². The summed E-state index contributed by atoms with van der Waals surface area (Å²) in [7, 11) is 0. The fourth-order valence-corrected chi connectivity index (χ4v) is 1.87. The summed E-state index contributed by atoms with van der Waals surface area (Å²) in [6.45, 7) is 3.43. The van der Waals surface area contributed by atoms with Gasteiger partial charge in [-0.05, 0) is 6.08 Å². The first-order valence-corrected chi connectivity index (χ1v) is 4.82. The number of rotatable bonds is 2. The van der Waals surface area contributed by atoms with Gasteiger partial charge >= 0.3 is 0 Å². The molecule has 13 heavy (non-hydrogen) atoms. The maximum atomic E-state index is 11.3. The molecule has 1 unspecified atom stereocenters. The van der Waals surface area contributed by atoms with Gasteiger partial charge in [-0.1, -0.05) is 28.1 Å². The minimum Gasteiger partial charge on any atom is -0.388 e. The van der Waals surface area contributed by atoms with Gasteiger partial charge in [0, 0.05) is 6.42 Å². The Bertz CT molecular complexity index is 262. The number of hydrogen-bond acceptors (Lipinski definition) is 3. The lowest BCUT2D eigenvalue weighted by molar-refractivity contribution is -0.145. The number of halogens is 1. The van der Waals surface area contributed by atoms with Gasteiger partial charge in [-0.2, -0.15) is 0 Å². The number of hydrogen-bond donors (Lipinski definition) is 2. The summed E-state index contributed by atoms with van der Waals surface area (Å²) < 4.78 is 0. The fraction of sp³-hybridized carbons (Fsp3) is 0.444. The molecule has 0 amide bonds. The molecule has 0 aromatic rings. The molecule has 3 nitrogen and oxygen atoms in total. The highest BCUT2D eigenvalue weighted by atomic mass is 79.9.